The van der Waals surface area contributed by atoms with Crippen LogP contribution in [0.5, 0.6) is 0 Å². The van der Waals surface area contributed by atoms with E-state index in [4.69, 9.17) is 0 Å². The van der Waals surface area contributed by atoms with Crippen molar-refractivity contribution in [1.29, 1.82) is 0 Å². The number of amides is 1. The summed E-state index contributed by atoms with van der Waals surface area (Å²) in [4.78, 5) is 23.5. The van der Waals surface area contributed by atoms with Crippen LogP contribution < -0.4 is 10.6 Å². The first-order valence-electron chi connectivity index (χ1n) is 8.82. The number of piperidine rings is 1. The molecule has 1 saturated heterocycles. The molecule has 0 aliphatic carbocycles. The van der Waals surface area contributed by atoms with Crippen LogP contribution in [0, 0.1) is 11.8 Å². The third kappa shape index (κ3) is 7.98. The van der Waals surface area contributed by atoms with Gasteiger partial charge in [0.2, 0.25) is 5.91 Å². The predicted molar refractivity (Wildman–Crippen MR) is 110 cm³/mol. The average Bonchev–Trinajstić information content (AvgIpc) is 2.62. The lowest BCUT2D eigenvalue weighted by molar-refractivity contribution is -0.137. The van der Waals surface area contributed by atoms with Crippen molar-refractivity contribution in [2.45, 2.75) is 31.9 Å². The Morgan fingerprint density at radius 3 is 2.92 bits per heavy atom. The molecule has 146 valence electrons. The van der Waals surface area contributed by atoms with Gasteiger partial charge in [-0.05, 0) is 55.5 Å². The molecule has 0 bridgehead atoms. The Hall–Kier alpha value is -1.24. The molecule has 1 aromatic rings. The molecule has 1 aromatic carbocycles. The zero-order valence-electron chi connectivity index (χ0n) is 15.5. The van der Waals surface area contributed by atoms with E-state index in [2.05, 4.69) is 22.3 Å². The van der Waals surface area contributed by atoms with Gasteiger partial charge in [-0.1, -0.05) is 19.1 Å². The van der Waals surface area contributed by atoms with E-state index in [9.17, 15) is 9.59 Å². The molecule has 26 heavy (non-hydrogen) atoms. The van der Waals surface area contributed by atoms with E-state index in [1.165, 1.54) is 31.7 Å². The Morgan fingerprint density at radius 1 is 1.42 bits per heavy atom. The highest BCUT2D eigenvalue weighted by Gasteiger charge is 2.22. The first-order valence-corrected chi connectivity index (χ1v) is 9.98. The Morgan fingerprint density at radius 2 is 2.23 bits per heavy atom. The summed E-state index contributed by atoms with van der Waals surface area (Å²) >= 11 is 1.50. The minimum atomic E-state index is -0.222. The van der Waals surface area contributed by atoms with Crippen molar-refractivity contribution < 1.29 is 14.3 Å². The highest BCUT2D eigenvalue weighted by molar-refractivity contribution is 7.99. The fraction of sp³-hybridized carbons (Fsp3) is 0.579. The Labute approximate surface area is 166 Å². The molecule has 0 saturated carbocycles. The van der Waals surface area contributed by atoms with Gasteiger partial charge in [0.25, 0.3) is 0 Å². The summed E-state index contributed by atoms with van der Waals surface area (Å²) in [5, 5.41) is 6.41. The minimum Gasteiger partial charge on any atom is -0.468 e. The van der Waals surface area contributed by atoms with Crippen LogP contribution in [0.25, 0.3) is 0 Å². The van der Waals surface area contributed by atoms with E-state index >= 15 is 0 Å². The maximum absolute atomic E-state index is 12.3. The molecule has 0 aromatic heterocycles. The smallest absolute Gasteiger partial charge is 0.315 e. The number of esters is 1. The number of methoxy groups -OCH3 is 1. The maximum atomic E-state index is 12.3. The normalized spacial score (nSPS) is 17.7. The topological polar surface area (TPSA) is 67.4 Å². The zero-order chi connectivity index (χ0) is 18.1. The van der Waals surface area contributed by atoms with E-state index in [1.54, 1.807) is 0 Å². The highest BCUT2D eigenvalue weighted by atomic mass is 35.5. The van der Waals surface area contributed by atoms with Crippen molar-refractivity contribution in [2.24, 2.45) is 11.8 Å². The molecule has 1 aliphatic rings. The second kappa shape index (κ2) is 12.2. The molecule has 2 atom stereocenters. The van der Waals surface area contributed by atoms with Gasteiger partial charge in [-0.15, -0.1) is 24.2 Å². The standard InChI is InChI=1S/C19H28N2O3S.ClH/c1-14(16-6-4-8-20-11-16)9-18(22)21-17-7-3-5-15(10-17)12-25-13-19(23)24-2;/h3,5,7,10,14,16,20H,4,6,8-9,11-13H2,1-2H3,(H,21,22);1H. The van der Waals surface area contributed by atoms with Crippen molar-refractivity contribution in [3.8, 4) is 0 Å². The maximum Gasteiger partial charge on any atom is 0.315 e. The molecule has 0 spiro atoms. The number of halogens is 1. The fourth-order valence-corrected chi connectivity index (χ4v) is 3.89. The van der Waals surface area contributed by atoms with Crippen molar-refractivity contribution in [3.63, 3.8) is 0 Å². The molecule has 2 unspecified atom stereocenters. The van der Waals surface area contributed by atoms with Crippen LogP contribution in [0.1, 0.15) is 31.7 Å². The van der Waals surface area contributed by atoms with Crippen molar-refractivity contribution in [3.05, 3.63) is 29.8 Å². The molecule has 5 nitrogen and oxygen atoms in total. The number of rotatable bonds is 8. The van der Waals surface area contributed by atoms with Gasteiger partial charge >= 0.3 is 5.97 Å². The third-order valence-corrected chi connectivity index (χ3v) is 5.55. The molecule has 1 amide bonds. The van der Waals surface area contributed by atoms with E-state index in [-0.39, 0.29) is 24.3 Å². The van der Waals surface area contributed by atoms with E-state index in [0.29, 0.717) is 29.8 Å². The summed E-state index contributed by atoms with van der Waals surface area (Å²) in [6, 6.07) is 7.79. The monoisotopic (exact) mass is 400 g/mol. The van der Waals surface area contributed by atoms with Crippen LogP contribution in [-0.4, -0.2) is 37.8 Å². The molecule has 2 rings (SSSR count). The number of hydrogen-bond donors (Lipinski definition) is 2. The number of carbonyl (C=O) groups is 2. The quantitative estimate of drug-likeness (QED) is 0.654. The summed E-state index contributed by atoms with van der Waals surface area (Å²) in [5.41, 5.74) is 1.89. The summed E-state index contributed by atoms with van der Waals surface area (Å²) in [7, 11) is 1.39. The number of carbonyl (C=O) groups excluding carboxylic acids is 2. The second-order valence-electron chi connectivity index (χ2n) is 6.61. The van der Waals surface area contributed by atoms with Crippen LogP contribution in [0.2, 0.25) is 0 Å². The van der Waals surface area contributed by atoms with Crippen LogP contribution in [-0.2, 0) is 20.1 Å². The molecule has 1 fully saturated rings. The van der Waals surface area contributed by atoms with Gasteiger partial charge < -0.3 is 15.4 Å². The number of hydrogen-bond acceptors (Lipinski definition) is 5. The van der Waals surface area contributed by atoms with Crippen LogP contribution in [0.4, 0.5) is 5.69 Å². The number of anilines is 1. The summed E-state index contributed by atoms with van der Waals surface area (Å²) < 4.78 is 4.63. The zero-order valence-corrected chi connectivity index (χ0v) is 17.1. The molecule has 0 radical (unpaired) electrons. The minimum absolute atomic E-state index is 0. The largest absolute Gasteiger partial charge is 0.468 e. The molecule has 7 heteroatoms. The molecular weight excluding hydrogens is 372 g/mol. The summed E-state index contributed by atoms with van der Waals surface area (Å²) in [6.07, 6.45) is 2.95. The molecule has 1 aliphatic heterocycles. The van der Waals surface area contributed by atoms with E-state index in [0.717, 1.165) is 24.3 Å². The highest BCUT2D eigenvalue weighted by Crippen LogP contribution is 2.23. The predicted octanol–water partition coefficient (Wildman–Crippen LogP) is 3.48. The Bertz CT molecular complexity index is 580. The average molecular weight is 401 g/mol. The Kier molecular flexibility index (Phi) is 10.7. The van der Waals surface area contributed by atoms with Gasteiger partial charge in [-0.25, -0.2) is 0 Å². The van der Waals surface area contributed by atoms with Gasteiger partial charge in [-0.3, -0.25) is 9.59 Å². The van der Waals surface area contributed by atoms with Crippen molar-refractivity contribution in [2.75, 3.05) is 31.3 Å². The summed E-state index contributed by atoms with van der Waals surface area (Å²) in [6.45, 7) is 4.27. The van der Waals surface area contributed by atoms with Gasteiger partial charge in [0, 0.05) is 17.9 Å². The lowest BCUT2D eigenvalue weighted by Crippen LogP contribution is -2.34. The lowest BCUT2D eigenvalue weighted by atomic mass is 9.85. The van der Waals surface area contributed by atoms with Crippen LogP contribution in [0.3, 0.4) is 0 Å². The van der Waals surface area contributed by atoms with E-state index in [1.807, 2.05) is 24.3 Å². The first kappa shape index (κ1) is 22.8. The van der Waals surface area contributed by atoms with Crippen LogP contribution >= 0.6 is 24.2 Å². The van der Waals surface area contributed by atoms with Gasteiger partial charge in [0.15, 0.2) is 0 Å². The molecule has 2 N–H and O–H groups in total. The first-order chi connectivity index (χ1) is 12.1. The summed E-state index contributed by atoms with van der Waals surface area (Å²) in [5.74, 6) is 1.86. The fourth-order valence-electron chi connectivity index (χ4n) is 3.09. The second-order valence-corrected chi connectivity index (χ2v) is 7.59. The van der Waals surface area contributed by atoms with Crippen LogP contribution in [0.15, 0.2) is 24.3 Å². The molecular formula is C19H29ClN2O3S. The number of benzene rings is 1. The van der Waals surface area contributed by atoms with Gasteiger partial charge in [-0.2, -0.15) is 0 Å². The molecule has 1 heterocycles. The third-order valence-electron chi connectivity index (χ3n) is 4.57. The van der Waals surface area contributed by atoms with E-state index < -0.39 is 0 Å². The number of ether oxygens (including phenoxy) is 1. The van der Waals surface area contributed by atoms with Gasteiger partial charge in [0.1, 0.15) is 0 Å². The van der Waals surface area contributed by atoms with Crippen molar-refractivity contribution in [1.82, 2.24) is 5.32 Å². The lowest BCUT2D eigenvalue weighted by Gasteiger charge is -2.28. The number of nitrogens with one attached hydrogen (secondary N) is 2. The SMILES string of the molecule is COC(=O)CSCc1cccc(NC(=O)CC(C)C2CCCNC2)c1.Cl. The van der Waals surface area contributed by atoms with Crippen molar-refractivity contribution >= 4 is 41.7 Å². The Balaban J connectivity index is 0.00000338. The van der Waals surface area contributed by atoms with Gasteiger partial charge in [0.05, 0.1) is 12.9 Å². The number of thioether (sulfide) groups is 1.